The molecular weight excluding hydrogens is 582 g/mol. The Morgan fingerprint density at radius 3 is 2.07 bits per heavy atom. The number of piperidine rings is 1. The van der Waals surface area contributed by atoms with Gasteiger partial charge in [0.05, 0.1) is 11.8 Å². The fraction of sp³-hybridized carbons (Fsp3) is 0.733. The number of nitrogens with zero attached hydrogens (tertiary/aromatic N) is 2. The number of carbonyl (C=O) groups excluding carboxylic acids is 4. The van der Waals surface area contributed by atoms with Gasteiger partial charge in [0.1, 0.15) is 12.1 Å². The molecule has 4 amide bonds. The van der Waals surface area contributed by atoms with Crippen molar-refractivity contribution in [3.8, 4) is 12.8 Å². The van der Waals surface area contributed by atoms with Gasteiger partial charge in [0.2, 0.25) is 27.7 Å². The molecule has 2 atom stereocenters. The average molecular weight is 633 g/mol. The lowest BCUT2D eigenvalue weighted by Crippen LogP contribution is -2.54. The summed E-state index contributed by atoms with van der Waals surface area (Å²) >= 11 is 0. The fourth-order valence-electron chi connectivity index (χ4n) is 4.37. The quantitative estimate of drug-likeness (QED) is 0.279. The zero-order valence-corrected chi connectivity index (χ0v) is 27.1. The molecular formula is C30H50F2N4O6S. The highest BCUT2D eigenvalue weighted by Crippen LogP contribution is 2.28. The van der Waals surface area contributed by atoms with Crippen LogP contribution in [0.1, 0.15) is 92.4 Å². The van der Waals surface area contributed by atoms with E-state index in [4.69, 9.17) is 0 Å². The van der Waals surface area contributed by atoms with Gasteiger partial charge in [0, 0.05) is 32.4 Å². The summed E-state index contributed by atoms with van der Waals surface area (Å²) in [6.07, 6.45) is 10.7. The summed E-state index contributed by atoms with van der Waals surface area (Å²) in [5, 5.41) is 1.91. The Hall–Kier alpha value is -3.01. The molecule has 0 aromatic carbocycles. The number of sulfonamides is 1. The highest BCUT2D eigenvalue weighted by molar-refractivity contribution is 7.90. The number of halogens is 2. The second-order valence-corrected chi connectivity index (χ2v) is 13.0. The molecule has 13 heteroatoms. The molecule has 0 bridgehead atoms. The van der Waals surface area contributed by atoms with Crippen LogP contribution in [0.5, 0.6) is 0 Å². The van der Waals surface area contributed by atoms with E-state index in [9.17, 15) is 36.4 Å². The van der Waals surface area contributed by atoms with Crippen LogP contribution in [0.15, 0.2) is 12.7 Å². The molecule has 2 aliphatic heterocycles. The van der Waals surface area contributed by atoms with Crippen LogP contribution in [0.4, 0.5) is 8.78 Å². The Balaban J connectivity index is 0.00000200. The van der Waals surface area contributed by atoms with Crippen molar-refractivity contribution in [2.45, 2.75) is 116 Å². The molecule has 2 saturated heterocycles. The third-order valence-electron chi connectivity index (χ3n) is 6.42. The van der Waals surface area contributed by atoms with Crippen molar-refractivity contribution in [1.82, 2.24) is 19.8 Å². The number of carbonyl (C=O) groups is 4. The number of nitrogens with one attached hydrogen (secondary N) is 2. The lowest BCUT2D eigenvalue weighted by molar-refractivity contribution is -0.145. The summed E-state index contributed by atoms with van der Waals surface area (Å²) in [5.41, 5.74) is 0. The minimum absolute atomic E-state index is 0.00655. The number of rotatable bonds is 10. The molecule has 0 aromatic rings. The fourth-order valence-corrected chi connectivity index (χ4v) is 5.72. The van der Waals surface area contributed by atoms with Gasteiger partial charge in [0.25, 0.3) is 11.8 Å². The second kappa shape index (κ2) is 19.3. The Morgan fingerprint density at radius 2 is 1.56 bits per heavy atom. The van der Waals surface area contributed by atoms with E-state index in [0.717, 1.165) is 10.8 Å². The molecule has 43 heavy (non-hydrogen) atoms. The standard InChI is InChI=1S/C22H32F2N4O6S.C4H10.C2H6.C2H2/c1-2-5-16(20(31)26-35(33,34)15-7-8-15)25-21(32)17-6-3-13-28(17)19(30)10-9-18(29)27-12-4-11-22(23,24)14-27;1-4(2)3;2*1-2/h2,15-17H,1,3-14H2,(H,25,32)(H,26,31);4H,1-3H3;1-2H3;1-2H/t16?,17-;;;/m0.../s1. The first-order chi connectivity index (χ1) is 20.2. The largest absolute Gasteiger partial charge is 0.342 e. The van der Waals surface area contributed by atoms with Gasteiger partial charge >= 0.3 is 0 Å². The number of likely N-dealkylation sites (tertiary alicyclic amines) is 2. The van der Waals surface area contributed by atoms with Crippen molar-refractivity contribution in [2.75, 3.05) is 19.6 Å². The van der Waals surface area contributed by atoms with Crippen LogP contribution in [-0.2, 0) is 29.2 Å². The van der Waals surface area contributed by atoms with Gasteiger partial charge in [0.15, 0.2) is 0 Å². The molecule has 0 aromatic heterocycles. The third kappa shape index (κ3) is 14.3. The summed E-state index contributed by atoms with van der Waals surface area (Å²) in [6.45, 7) is 13.9. The van der Waals surface area contributed by atoms with Crippen LogP contribution < -0.4 is 10.0 Å². The molecule has 2 heterocycles. The molecule has 3 fully saturated rings. The molecule has 1 aliphatic carbocycles. The summed E-state index contributed by atoms with van der Waals surface area (Å²) in [7, 11) is -3.79. The average Bonchev–Trinajstić information content (AvgIpc) is 3.70. The van der Waals surface area contributed by atoms with E-state index in [1.807, 2.05) is 18.6 Å². The minimum atomic E-state index is -3.79. The van der Waals surface area contributed by atoms with Gasteiger partial charge < -0.3 is 15.1 Å². The van der Waals surface area contributed by atoms with Crippen molar-refractivity contribution >= 4 is 33.7 Å². The van der Waals surface area contributed by atoms with Crippen molar-refractivity contribution in [2.24, 2.45) is 5.92 Å². The maximum atomic E-state index is 13.6. The van der Waals surface area contributed by atoms with E-state index < -0.39 is 63.5 Å². The van der Waals surface area contributed by atoms with Crippen LogP contribution in [-0.4, -0.2) is 84.7 Å². The molecule has 3 aliphatic rings. The first-order valence-corrected chi connectivity index (χ1v) is 16.5. The number of alkyl halides is 2. The summed E-state index contributed by atoms with van der Waals surface area (Å²) < 4.78 is 53.3. The molecule has 1 unspecified atom stereocenters. The number of amides is 4. The van der Waals surface area contributed by atoms with E-state index in [1.165, 1.54) is 11.0 Å². The zero-order valence-electron chi connectivity index (χ0n) is 26.2. The Kier molecular flexibility index (Phi) is 18.0. The summed E-state index contributed by atoms with van der Waals surface area (Å²) in [4.78, 5) is 52.8. The van der Waals surface area contributed by atoms with Gasteiger partial charge in [-0.05, 0) is 44.4 Å². The van der Waals surface area contributed by atoms with Crippen molar-refractivity contribution in [3.63, 3.8) is 0 Å². The van der Waals surface area contributed by atoms with Crippen molar-refractivity contribution < 1.29 is 36.4 Å². The predicted molar refractivity (Wildman–Crippen MR) is 163 cm³/mol. The highest BCUT2D eigenvalue weighted by atomic mass is 32.2. The molecule has 246 valence electrons. The van der Waals surface area contributed by atoms with Crippen LogP contribution in [0.25, 0.3) is 0 Å². The Bertz CT molecular complexity index is 1060. The van der Waals surface area contributed by atoms with Crippen LogP contribution >= 0.6 is 0 Å². The van der Waals surface area contributed by atoms with E-state index in [-0.39, 0.29) is 45.2 Å². The van der Waals surface area contributed by atoms with E-state index in [2.05, 4.69) is 45.5 Å². The van der Waals surface area contributed by atoms with Gasteiger partial charge in [-0.1, -0.05) is 40.7 Å². The van der Waals surface area contributed by atoms with Gasteiger partial charge in [-0.25, -0.2) is 17.2 Å². The lowest BCUT2D eigenvalue weighted by Gasteiger charge is -2.32. The van der Waals surface area contributed by atoms with E-state index in [1.54, 1.807) is 0 Å². The normalized spacial score (nSPS) is 19.6. The number of hydrogen-bond acceptors (Lipinski definition) is 6. The Morgan fingerprint density at radius 1 is 1.00 bits per heavy atom. The van der Waals surface area contributed by atoms with Crippen LogP contribution in [0.2, 0.25) is 0 Å². The lowest BCUT2D eigenvalue weighted by atomic mass is 10.1. The van der Waals surface area contributed by atoms with Gasteiger partial charge in [-0.3, -0.25) is 23.9 Å². The second-order valence-electron chi connectivity index (χ2n) is 11.0. The third-order valence-corrected chi connectivity index (χ3v) is 8.25. The van der Waals surface area contributed by atoms with E-state index >= 15 is 0 Å². The molecule has 0 radical (unpaired) electrons. The SMILES string of the molecule is C#C.C=CCC(NC(=O)[C@@H]1CCCN1C(=O)CCC(=O)N1CCCC(F)(F)C1)C(=O)NS(=O)(=O)C1CC1.CC.CC(C)C. The smallest absolute Gasteiger partial charge is 0.265 e. The monoisotopic (exact) mass is 632 g/mol. The first kappa shape index (κ1) is 40.0. The summed E-state index contributed by atoms with van der Waals surface area (Å²) in [5.74, 6) is -4.56. The van der Waals surface area contributed by atoms with Crippen LogP contribution in [0.3, 0.4) is 0 Å². The number of hydrogen-bond donors (Lipinski definition) is 2. The zero-order chi connectivity index (χ0) is 33.4. The summed E-state index contributed by atoms with van der Waals surface area (Å²) in [6, 6.07) is -2.05. The van der Waals surface area contributed by atoms with E-state index in [0.29, 0.717) is 25.7 Å². The number of terminal acetylenes is 1. The highest BCUT2D eigenvalue weighted by Gasteiger charge is 2.40. The minimum Gasteiger partial charge on any atom is -0.342 e. The van der Waals surface area contributed by atoms with Gasteiger partial charge in [-0.2, -0.15) is 0 Å². The van der Waals surface area contributed by atoms with Gasteiger partial charge in [-0.15, -0.1) is 19.4 Å². The maximum absolute atomic E-state index is 13.6. The van der Waals surface area contributed by atoms with Crippen molar-refractivity contribution in [1.29, 1.82) is 0 Å². The molecule has 0 spiro atoms. The van der Waals surface area contributed by atoms with Crippen molar-refractivity contribution in [3.05, 3.63) is 12.7 Å². The maximum Gasteiger partial charge on any atom is 0.265 e. The molecule has 1 saturated carbocycles. The van der Waals surface area contributed by atoms with Crippen LogP contribution in [0, 0.1) is 18.8 Å². The molecule has 2 N–H and O–H groups in total. The Labute approximate surface area is 256 Å². The topological polar surface area (TPSA) is 133 Å². The molecule has 3 rings (SSSR count). The molecule has 10 nitrogen and oxygen atoms in total. The predicted octanol–water partition coefficient (Wildman–Crippen LogP) is 3.62. The first-order valence-electron chi connectivity index (χ1n) is 14.9.